The average molecular weight is 110 g/mol. The van der Waals surface area contributed by atoms with Gasteiger partial charge in [-0.1, -0.05) is 0 Å². The largest absolute Gasteiger partial charge is 0.366 e. The van der Waals surface area contributed by atoms with E-state index in [0.29, 0.717) is 0 Å². The van der Waals surface area contributed by atoms with E-state index in [1.165, 1.54) is 0 Å². The number of nitrogens with one attached hydrogen (secondary N) is 1. The van der Waals surface area contributed by atoms with Gasteiger partial charge in [0.05, 0.1) is 0 Å². The molecule has 0 aromatic heterocycles. The van der Waals surface area contributed by atoms with Crippen molar-refractivity contribution >= 4 is 18.4 Å². The highest BCUT2D eigenvalue weighted by atomic mass is 35.5. The monoisotopic (exact) mass is 109 g/mol. The Morgan fingerprint density at radius 1 is 1.83 bits per heavy atom. The Morgan fingerprint density at radius 3 is 2.00 bits per heavy atom. The topological polar surface area (TPSA) is 79.3 Å². The number of hydrogen-bond donors (Lipinski definition) is 2. The standard InChI is InChI=1S/CH3N3O.ClH/c2-1(3)4-5;/h(H3,2,3);1H. The van der Waals surface area contributed by atoms with Gasteiger partial charge < -0.3 is 5.73 Å². The summed E-state index contributed by atoms with van der Waals surface area (Å²) in [5, 5.41) is 8.04. The fourth-order valence-corrected chi connectivity index (χ4v) is 0. The van der Waals surface area contributed by atoms with Gasteiger partial charge >= 0.3 is 0 Å². The van der Waals surface area contributed by atoms with Crippen molar-refractivity contribution in [2.45, 2.75) is 0 Å². The van der Waals surface area contributed by atoms with Gasteiger partial charge in [0, 0.05) is 5.18 Å². The number of nitrogens with zero attached hydrogens (tertiary/aromatic N) is 1. The molecule has 0 saturated heterocycles. The van der Waals surface area contributed by atoms with E-state index in [1.54, 1.807) is 0 Å². The second-order valence-electron chi connectivity index (χ2n) is 0.477. The Morgan fingerprint density at radius 2 is 2.00 bits per heavy atom. The Kier molecular flexibility index (Phi) is 6.56. The Hall–Kier alpha value is -0.640. The van der Waals surface area contributed by atoms with Crippen LogP contribution in [0.1, 0.15) is 0 Å². The highest BCUT2D eigenvalue weighted by Crippen LogP contribution is 1.50. The molecule has 0 aliphatic heterocycles. The third kappa shape index (κ3) is 10.1. The molecule has 5 heteroatoms. The van der Waals surface area contributed by atoms with Crippen LogP contribution in [-0.2, 0) is 0 Å². The van der Waals surface area contributed by atoms with Gasteiger partial charge in [-0.2, -0.15) is 0 Å². The minimum atomic E-state index is -0.676. The van der Waals surface area contributed by atoms with Crippen molar-refractivity contribution in [3.05, 3.63) is 4.91 Å². The molecule has 0 amide bonds. The molecule has 0 aromatic rings. The molecule has 6 heavy (non-hydrogen) atoms. The summed E-state index contributed by atoms with van der Waals surface area (Å²) < 4.78 is 0. The van der Waals surface area contributed by atoms with Crippen LogP contribution in [0.15, 0.2) is 5.18 Å². The van der Waals surface area contributed by atoms with Crippen LogP contribution in [0.3, 0.4) is 0 Å². The molecule has 0 aliphatic rings. The van der Waals surface area contributed by atoms with E-state index in [0.717, 1.165) is 0 Å². The maximum absolute atomic E-state index is 8.91. The number of halogens is 1. The third-order valence-corrected chi connectivity index (χ3v) is 0.0983. The smallest absolute Gasteiger partial charge is 0.254 e. The van der Waals surface area contributed by atoms with Gasteiger partial charge in [-0.25, -0.2) is 0 Å². The van der Waals surface area contributed by atoms with Crippen LogP contribution in [-0.4, -0.2) is 5.96 Å². The maximum Gasteiger partial charge on any atom is 0.254 e. The fraction of sp³-hybridized carbons (Fsp3) is 0. The number of hydrogen-bond acceptors (Lipinski definition) is 2. The third-order valence-electron chi connectivity index (χ3n) is 0.0983. The number of nitrogens with two attached hydrogens (primary N) is 1. The normalized spacial score (nSPS) is 5.33. The number of rotatable bonds is 0. The fourth-order valence-electron chi connectivity index (χ4n) is 0. The second-order valence-corrected chi connectivity index (χ2v) is 0.477. The van der Waals surface area contributed by atoms with E-state index in [1.807, 2.05) is 5.18 Å². The molecule has 0 atom stereocenters. The van der Waals surface area contributed by atoms with Gasteiger partial charge in [0.1, 0.15) is 0 Å². The highest BCUT2D eigenvalue weighted by Gasteiger charge is 1.70. The van der Waals surface area contributed by atoms with Gasteiger partial charge in [0.2, 0.25) is 0 Å². The molecule has 0 unspecified atom stereocenters. The number of guanidine groups is 1. The van der Waals surface area contributed by atoms with Crippen molar-refractivity contribution in [1.82, 2.24) is 0 Å². The molecule has 3 N–H and O–H groups in total. The Labute approximate surface area is 40.6 Å². The molecule has 4 nitrogen and oxygen atoms in total. The van der Waals surface area contributed by atoms with Crippen molar-refractivity contribution in [1.29, 1.82) is 5.41 Å². The van der Waals surface area contributed by atoms with Gasteiger partial charge in [-0.3, -0.25) is 5.41 Å². The van der Waals surface area contributed by atoms with Crippen LogP contribution in [0.2, 0.25) is 0 Å². The zero-order valence-electron chi connectivity index (χ0n) is 2.84. The summed E-state index contributed by atoms with van der Waals surface area (Å²) in [7, 11) is 0. The maximum atomic E-state index is 8.91. The van der Waals surface area contributed by atoms with E-state index in [4.69, 9.17) is 10.3 Å². The van der Waals surface area contributed by atoms with E-state index >= 15 is 0 Å². The first kappa shape index (κ1) is 9.03. The molecule has 0 aromatic carbocycles. The SMILES string of the molecule is Cl.N=C(N)N=O. The van der Waals surface area contributed by atoms with Crippen molar-refractivity contribution in [3.8, 4) is 0 Å². The molecule has 0 aliphatic carbocycles. The summed E-state index contributed by atoms with van der Waals surface area (Å²) in [4.78, 5) is 8.91. The van der Waals surface area contributed by atoms with E-state index in [-0.39, 0.29) is 12.4 Å². The lowest BCUT2D eigenvalue weighted by Crippen LogP contribution is -2.02. The lowest BCUT2D eigenvalue weighted by molar-refractivity contribution is 1.37. The summed E-state index contributed by atoms with van der Waals surface area (Å²) in [5.41, 5.74) is 4.40. The van der Waals surface area contributed by atoms with Gasteiger partial charge in [0.15, 0.2) is 0 Å². The van der Waals surface area contributed by atoms with Crippen LogP contribution in [0.4, 0.5) is 0 Å². The first-order chi connectivity index (χ1) is 2.27. The predicted octanol–water partition coefficient (Wildman–Crippen LogP) is 0.0681. The van der Waals surface area contributed by atoms with Crippen molar-refractivity contribution in [2.24, 2.45) is 10.9 Å². The predicted molar refractivity (Wildman–Crippen MR) is 25.0 cm³/mol. The van der Waals surface area contributed by atoms with E-state index < -0.39 is 5.96 Å². The first-order valence-electron chi connectivity index (χ1n) is 0.945. The van der Waals surface area contributed by atoms with Crippen molar-refractivity contribution in [3.63, 3.8) is 0 Å². The molecule has 0 saturated carbocycles. The molecule has 0 radical (unpaired) electrons. The summed E-state index contributed by atoms with van der Waals surface area (Å²) in [5.74, 6) is -0.676. The molecule has 0 rings (SSSR count). The van der Waals surface area contributed by atoms with Crippen molar-refractivity contribution in [2.75, 3.05) is 0 Å². The lowest BCUT2D eigenvalue weighted by Gasteiger charge is -1.64. The quantitative estimate of drug-likeness (QED) is 0.262. The molecule has 0 heterocycles. The van der Waals surface area contributed by atoms with Gasteiger partial charge in [-0.05, 0) is 0 Å². The minimum Gasteiger partial charge on any atom is -0.366 e. The first-order valence-corrected chi connectivity index (χ1v) is 0.945. The summed E-state index contributed by atoms with van der Waals surface area (Å²) in [6, 6.07) is 0. The average Bonchev–Trinajstić information content (AvgIpc) is 1.38. The highest BCUT2D eigenvalue weighted by molar-refractivity contribution is 5.85. The zero-order valence-corrected chi connectivity index (χ0v) is 3.66. The molecular formula is CH4ClN3O. The minimum absolute atomic E-state index is 0. The molecule has 0 fully saturated rings. The number of nitroso groups, excluding NO2 is 1. The molecular weight excluding hydrogens is 105 g/mol. The summed E-state index contributed by atoms with van der Waals surface area (Å²) in [6.45, 7) is 0. The summed E-state index contributed by atoms with van der Waals surface area (Å²) >= 11 is 0. The van der Waals surface area contributed by atoms with Crippen LogP contribution >= 0.6 is 12.4 Å². The second kappa shape index (κ2) is 4.36. The van der Waals surface area contributed by atoms with Crippen molar-refractivity contribution < 1.29 is 0 Å². The van der Waals surface area contributed by atoms with Gasteiger partial charge in [0.25, 0.3) is 5.96 Å². The lowest BCUT2D eigenvalue weighted by atomic mass is 11.1. The Balaban J connectivity index is 0. The van der Waals surface area contributed by atoms with Crippen LogP contribution in [0.25, 0.3) is 0 Å². The molecule has 0 spiro atoms. The molecule has 0 bridgehead atoms. The summed E-state index contributed by atoms with van der Waals surface area (Å²) in [6.07, 6.45) is 0. The van der Waals surface area contributed by atoms with Crippen LogP contribution < -0.4 is 5.73 Å². The molecule has 36 valence electrons. The van der Waals surface area contributed by atoms with E-state index in [9.17, 15) is 0 Å². The zero-order chi connectivity index (χ0) is 4.28. The Bertz CT molecular complexity index is 61.8. The van der Waals surface area contributed by atoms with Gasteiger partial charge in [-0.15, -0.1) is 17.3 Å². The van der Waals surface area contributed by atoms with E-state index in [2.05, 4.69) is 5.73 Å². The van der Waals surface area contributed by atoms with Crippen LogP contribution in [0.5, 0.6) is 0 Å². The van der Waals surface area contributed by atoms with Crippen LogP contribution in [0, 0.1) is 10.3 Å².